The number of rotatable bonds is 4. The molecule has 0 spiro atoms. The summed E-state index contributed by atoms with van der Waals surface area (Å²) in [5, 5.41) is 5.52. The maximum Gasteiger partial charge on any atom is 0.416 e. The summed E-state index contributed by atoms with van der Waals surface area (Å²) in [6, 6.07) is 11.4. The van der Waals surface area contributed by atoms with Crippen LogP contribution < -0.4 is 10.6 Å². The zero-order valence-corrected chi connectivity index (χ0v) is 12.3. The normalized spacial score (nSPS) is 11.0. The number of nitrogens with one attached hydrogen (secondary N) is 2. The van der Waals surface area contributed by atoms with Crippen molar-refractivity contribution in [3.63, 3.8) is 0 Å². The lowest BCUT2D eigenvalue weighted by molar-refractivity contribution is -0.137. The van der Waals surface area contributed by atoms with Gasteiger partial charge in [0.25, 0.3) is 0 Å². The minimum absolute atomic E-state index is 0.277. The van der Waals surface area contributed by atoms with Gasteiger partial charge in [-0.1, -0.05) is 0 Å². The van der Waals surface area contributed by atoms with Crippen LogP contribution in [0, 0.1) is 0 Å². The van der Waals surface area contributed by atoms with Crippen LogP contribution >= 0.6 is 0 Å². The van der Waals surface area contributed by atoms with Crippen molar-refractivity contribution in [1.82, 2.24) is 0 Å². The number of benzene rings is 2. The fourth-order valence-corrected chi connectivity index (χ4v) is 1.83. The van der Waals surface area contributed by atoms with Gasteiger partial charge in [-0.25, -0.2) is 4.79 Å². The molecule has 0 fully saturated rings. The third-order valence-electron chi connectivity index (χ3n) is 2.91. The Bertz CT molecular complexity index is 653. The molecule has 0 atom stereocenters. The average Bonchev–Trinajstić information content (AvgIpc) is 2.49. The molecule has 0 aliphatic carbocycles. The molecule has 0 radical (unpaired) electrons. The van der Waals surface area contributed by atoms with Gasteiger partial charge in [-0.2, -0.15) is 13.2 Å². The summed E-state index contributed by atoms with van der Waals surface area (Å²) in [6.07, 6.45) is -4.89. The van der Waals surface area contributed by atoms with Crippen molar-refractivity contribution in [2.45, 2.75) is 13.1 Å². The van der Waals surface area contributed by atoms with Gasteiger partial charge in [0.2, 0.25) is 0 Å². The van der Waals surface area contributed by atoms with E-state index in [9.17, 15) is 18.0 Å². The predicted molar refractivity (Wildman–Crippen MR) is 81.8 cm³/mol. The van der Waals surface area contributed by atoms with Crippen molar-refractivity contribution >= 4 is 23.2 Å². The molecule has 2 rings (SSSR count). The smallest absolute Gasteiger partial charge is 0.416 e. The average molecular weight is 324 g/mol. The minimum atomic E-state index is -4.35. The second-order valence-corrected chi connectivity index (χ2v) is 4.62. The summed E-state index contributed by atoms with van der Waals surface area (Å²) in [7, 11) is 0. The van der Waals surface area contributed by atoms with E-state index in [0.717, 1.165) is 12.1 Å². The second-order valence-electron chi connectivity index (χ2n) is 4.62. The summed E-state index contributed by atoms with van der Waals surface area (Å²) in [6.45, 7) is 1.98. The van der Waals surface area contributed by atoms with E-state index in [2.05, 4.69) is 10.6 Å². The second kappa shape index (κ2) is 7.04. The van der Waals surface area contributed by atoms with E-state index in [0.29, 0.717) is 17.1 Å². The molecule has 2 N–H and O–H groups in total. The molecule has 4 nitrogen and oxygen atoms in total. The Kier molecular flexibility index (Phi) is 5.10. The van der Waals surface area contributed by atoms with Gasteiger partial charge in [0, 0.05) is 17.1 Å². The highest BCUT2D eigenvalue weighted by molar-refractivity contribution is 5.84. The molecular weight excluding hydrogens is 309 g/mol. The summed E-state index contributed by atoms with van der Waals surface area (Å²) in [5.74, 6) is 0. The molecule has 23 heavy (non-hydrogen) atoms. The zero-order chi connectivity index (χ0) is 16.9. The Morgan fingerprint density at radius 2 is 1.43 bits per heavy atom. The molecule has 7 heteroatoms. The number of hydrogen-bond acceptors (Lipinski definition) is 3. The first kappa shape index (κ1) is 16.7. The van der Waals surface area contributed by atoms with Crippen LogP contribution in [-0.4, -0.2) is 12.7 Å². The van der Waals surface area contributed by atoms with E-state index in [-0.39, 0.29) is 6.61 Å². The highest BCUT2D eigenvalue weighted by Crippen LogP contribution is 2.30. The Balaban J connectivity index is 1.99. The first-order valence-electron chi connectivity index (χ1n) is 6.86. The zero-order valence-electron chi connectivity index (χ0n) is 12.3. The van der Waals surface area contributed by atoms with E-state index in [4.69, 9.17) is 4.74 Å². The molecule has 0 aliphatic heterocycles. The molecule has 0 aliphatic rings. The van der Waals surface area contributed by atoms with E-state index in [1.165, 1.54) is 12.1 Å². The largest absolute Gasteiger partial charge is 0.450 e. The van der Waals surface area contributed by atoms with Crippen LogP contribution in [0.5, 0.6) is 0 Å². The fourth-order valence-electron chi connectivity index (χ4n) is 1.83. The van der Waals surface area contributed by atoms with E-state index in [1.807, 2.05) is 0 Å². The molecule has 0 saturated carbocycles. The third-order valence-corrected chi connectivity index (χ3v) is 2.91. The molecule has 1 amide bonds. The first-order valence-corrected chi connectivity index (χ1v) is 6.86. The van der Waals surface area contributed by atoms with E-state index in [1.54, 1.807) is 31.2 Å². The number of alkyl halides is 3. The maximum absolute atomic E-state index is 12.5. The Labute approximate surface area is 131 Å². The summed E-state index contributed by atoms with van der Waals surface area (Å²) < 4.78 is 42.2. The number of halogens is 3. The van der Waals surface area contributed by atoms with Crippen LogP contribution in [0.4, 0.5) is 35.0 Å². The van der Waals surface area contributed by atoms with Crippen LogP contribution in [0.1, 0.15) is 12.5 Å². The monoisotopic (exact) mass is 324 g/mol. The molecule has 0 unspecified atom stereocenters. The number of carbonyl (C=O) groups excluding carboxylic acids is 1. The molecule has 0 bridgehead atoms. The predicted octanol–water partition coefficient (Wildman–Crippen LogP) is 5.02. The molecule has 0 aromatic heterocycles. The quantitative estimate of drug-likeness (QED) is 0.830. The van der Waals surface area contributed by atoms with Crippen LogP contribution in [-0.2, 0) is 10.9 Å². The van der Waals surface area contributed by atoms with Gasteiger partial charge in [-0.05, 0) is 55.5 Å². The summed E-state index contributed by atoms with van der Waals surface area (Å²) >= 11 is 0. The SMILES string of the molecule is CCOC(=O)Nc1ccc(Nc2ccc(C(F)(F)F)cc2)cc1. The van der Waals surface area contributed by atoms with E-state index >= 15 is 0 Å². The van der Waals surface area contributed by atoms with Crippen molar-refractivity contribution < 1.29 is 22.7 Å². The van der Waals surface area contributed by atoms with Gasteiger partial charge in [-0.3, -0.25) is 5.32 Å². The number of carbonyl (C=O) groups is 1. The lowest BCUT2D eigenvalue weighted by atomic mass is 10.2. The summed E-state index contributed by atoms with van der Waals surface area (Å²) in [5.41, 5.74) is 1.07. The highest BCUT2D eigenvalue weighted by Gasteiger charge is 2.29. The van der Waals surface area contributed by atoms with Crippen molar-refractivity contribution in [3.8, 4) is 0 Å². The Morgan fingerprint density at radius 3 is 1.91 bits per heavy atom. The van der Waals surface area contributed by atoms with Gasteiger partial charge >= 0.3 is 12.3 Å². The number of hydrogen-bond donors (Lipinski definition) is 2. The van der Waals surface area contributed by atoms with Gasteiger partial charge in [0.1, 0.15) is 0 Å². The van der Waals surface area contributed by atoms with Crippen LogP contribution in [0.2, 0.25) is 0 Å². The first-order chi connectivity index (χ1) is 10.9. The molecule has 2 aromatic carbocycles. The van der Waals surface area contributed by atoms with Crippen molar-refractivity contribution in [2.24, 2.45) is 0 Å². The maximum atomic E-state index is 12.5. The molecule has 122 valence electrons. The standard InChI is InChI=1S/C16H15F3N2O2/c1-2-23-15(22)21-14-9-7-13(8-10-14)20-12-5-3-11(4-6-12)16(17,18)19/h3-10,20H,2H2,1H3,(H,21,22). The third kappa shape index (κ3) is 4.91. The highest BCUT2D eigenvalue weighted by atomic mass is 19.4. The fraction of sp³-hybridized carbons (Fsp3) is 0.188. The summed E-state index contributed by atoms with van der Waals surface area (Å²) in [4.78, 5) is 11.3. The molecular formula is C16H15F3N2O2. The van der Waals surface area contributed by atoms with Gasteiger partial charge in [-0.15, -0.1) is 0 Å². The minimum Gasteiger partial charge on any atom is -0.450 e. The molecule has 2 aromatic rings. The van der Waals surface area contributed by atoms with Crippen molar-refractivity contribution in [3.05, 3.63) is 54.1 Å². The van der Waals surface area contributed by atoms with Gasteiger partial charge in [0.05, 0.1) is 12.2 Å². The number of ether oxygens (including phenoxy) is 1. The van der Waals surface area contributed by atoms with Crippen LogP contribution in [0.3, 0.4) is 0 Å². The van der Waals surface area contributed by atoms with Crippen LogP contribution in [0.15, 0.2) is 48.5 Å². The van der Waals surface area contributed by atoms with Gasteiger partial charge < -0.3 is 10.1 Å². The molecule has 0 saturated heterocycles. The number of amides is 1. The topological polar surface area (TPSA) is 50.4 Å². The van der Waals surface area contributed by atoms with Gasteiger partial charge in [0.15, 0.2) is 0 Å². The molecule has 0 heterocycles. The number of anilines is 3. The Morgan fingerprint density at radius 1 is 0.957 bits per heavy atom. The Hall–Kier alpha value is -2.70. The van der Waals surface area contributed by atoms with Crippen molar-refractivity contribution in [2.75, 3.05) is 17.2 Å². The lowest BCUT2D eigenvalue weighted by Gasteiger charge is -2.10. The van der Waals surface area contributed by atoms with E-state index < -0.39 is 17.8 Å². The van der Waals surface area contributed by atoms with Crippen molar-refractivity contribution in [1.29, 1.82) is 0 Å². The van der Waals surface area contributed by atoms with Crippen LogP contribution in [0.25, 0.3) is 0 Å². The lowest BCUT2D eigenvalue weighted by Crippen LogP contribution is -2.13.